The number of carbonyl (C=O) groups is 1. The van der Waals surface area contributed by atoms with Gasteiger partial charge in [0.2, 0.25) is 5.91 Å². The van der Waals surface area contributed by atoms with E-state index in [-0.39, 0.29) is 5.91 Å². The molecule has 1 atom stereocenters. The molecule has 0 saturated heterocycles. The lowest BCUT2D eigenvalue weighted by atomic mass is 10.2. The summed E-state index contributed by atoms with van der Waals surface area (Å²) in [6, 6.07) is 1.43. The van der Waals surface area contributed by atoms with Crippen LogP contribution < -0.4 is 11.1 Å². The van der Waals surface area contributed by atoms with Gasteiger partial charge in [0.05, 0.1) is 11.7 Å². The lowest BCUT2D eigenvalue weighted by Gasteiger charge is -2.11. The van der Waals surface area contributed by atoms with E-state index in [1.807, 2.05) is 19.3 Å². The van der Waals surface area contributed by atoms with E-state index in [0.717, 1.165) is 5.69 Å². The molecule has 6 nitrogen and oxygen atoms in total. The first-order valence-corrected chi connectivity index (χ1v) is 5.64. The Kier molecular flexibility index (Phi) is 5.65. The maximum atomic E-state index is 11.5. The number of nitrogens with two attached hydrogens (primary N) is 1. The molecule has 96 valence electrons. The van der Waals surface area contributed by atoms with E-state index >= 15 is 0 Å². The number of carbonyl (C=O) groups excluding carboxylic acids is 1. The van der Waals surface area contributed by atoms with Crippen molar-refractivity contribution in [3.63, 3.8) is 0 Å². The Morgan fingerprint density at radius 3 is 3.06 bits per heavy atom. The minimum absolute atomic E-state index is 0.141. The van der Waals surface area contributed by atoms with Crippen molar-refractivity contribution in [2.24, 2.45) is 12.8 Å². The number of nitrogens with one attached hydrogen (secondary N) is 1. The van der Waals surface area contributed by atoms with Gasteiger partial charge in [-0.05, 0) is 12.5 Å². The highest BCUT2D eigenvalue weighted by molar-refractivity contribution is 5.81. The molecular weight excluding hydrogens is 220 g/mol. The molecule has 1 unspecified atom stereocenters. The highest BCUT2D eigenvalue weighted by Gasteiger charge is 2.12. The Labute approximate surface area is 101 Å². The van der Waals surface area contributed by atoms with Crippen molar-refractivity contribution in [3.05, 3.63) is 18.0 Å². The third-order valence-corrected chi connectivity index (χ3v) is 2.42. The smallest absolute Gasteiger partial charge is 0.237 e. The van der Waals surface area contributed by atoms with E-state index in [9.17, 15) is 4.79 Å². The molecule has 0 radical (unpaired) electrons. The minimum Gasteiger partial charge on any atom is -0.385 e. The van der Waals surface area contributed by atoms with Crippen molar-refractivity contribution in [1.82, 2.24) is 15.1 Å². The zero-order chi connectivity index (χ0) is 12.7. The van der Waals surface area contributed by atoms with Gasteiger partial charge in [-0.15, -0.1) is 0 Å². The van der Waals surface area contributed by atoms with Crippen molar-refractivity contribution in [3.8, 4) is 0 Å². The average molecular weight is 240 g/mol. The second-order valence-corrected chi connectivity index (χ2v) is 3.91. The number of aromatic nitrogens is 2. The van der Waals surface area contributed by atoms with Gasteiger partial charge < -0.3 is 15.8 Å². The minimum atomic E-state index is -0.501. The molecule has 0 fully saturated rings. The molecule has 6 heteroatoms. The Hall–Kier alpha value is -1.40. The van der Waals surface area contributed by atoms with E-state index in [2.05, 4.69) is 10.4 Å². The Bertz CT molecular complexity index is 351. The summed E-state index contributed by atoms with van der Waals surface area (Å²) in [5, 5.41) is 7.00. The predicted molar refractivity (Wildman–Crippen MR) is 64.4 cm³/mol. The maximum absolute atomic E-state index is 11.5. The van der Waals surface area contributed by atoms with E-state index in [0.29, 0.717) is 26.0 Å². The number of hydrogen-bond donors (Lipinski definition) is 2. The lowest BCUT2D eigenvalue weighted by Crippen LogP contribution is -2.41. The predicted octanol–water partition coefficient (Wildman–Crippen LogP) is -0.557. The molecule has 0 aromatic carbocycles. The molecule has 0 aliphatic rings. The SMILES string of the molecule is COCCC(N)C(=O)NCCc1ccn(C)n1. The van der Waals surface area contributed by atoms with Gasteiger partial charge in [-0.1, -0.05) is 0 Å². The third kappa shape index (κ3) is 4.97. The van der Waals surface area contributed by atoms with Crippen LogP contribution in [0.5, 0.6) is 0 Å². The number of rotatable bonds is 7. The van der Waals surface area contributed by atoms with Crippen molar-refractivity contribution in [1.29, 1.82) is 0 Å². The Morgan fingerprint density at radius 2 is 2.47 bits per heavy atom. The fourth-order valence-corrected chi connectivity index (χ4v) is 1.42. The summed E-state index contributed by atoms with van der Waals surface area (Å²) in [6.07, 6.45) is 3.12. The summed E-state index contributed by atoms with van der Waals surface area (Å²) in [6.45, 7) is 1.05. The van der Waals surface area contributed by atoms with Crippen LogP contribution in [-0.4, -0.2) is 42.0 Å². The number of hydrogen-bond acceptors (Lipinski definition) is 4. The van der Waals surface area contributed by atoms with Gasteiger partial charge in [0, 0.05) is 39.9 Å². The van der Waals surface area contributed by atoms with Crippen LogP contribution in [0.3, 0.4) is 0 Å². The molecule has 1 heterocycles. The monoisotopic (exact) mass is 240 g/mol. The highest BCUT2D eigenvalue weighted by atomic mass is 16.5. The van der Waals surface area contributed by atoms with Crippen LogP contribution in [0, 0.1) is 0 Å². The standard InChI is InChI=1S/C11H20N4O2/c1-15-7-4-9(14-15)3-6-13-11(16)10(12)5-8-17-2/h4,7,10H,3,5-6,8,12H2,1-2H3,(H,13,16). The lowest BCUT2D eigenvalue weighted by molar-refractivity contribution is -0.122. The number of nitrogens with zero attached hydrogens (tertiary/aromatic N) is 2. The van der Waals surface area contributed by atoms with Crippen molar-refractivity contribution >= 4 is 5.91 Å². The van der Waals surface area contributed by atoms with Crippen LogP contribution in [0.4, 0.5) is 0 Å². The summed E-state index contributed by atoms with van der Waals surface area (Å²) in [7, 11) is 3.45. The molecule has 0 bridgehead atoms. The van der Waals surface area contributed by atoms with Gasteiger partial charge in [-0.25, -0.2) is 0 Å². The van der Waals surface area contributed by atoms with Crippen LogP contribution in [0.1, 0.15) is 12.1 Å². The van der Waals surface area contributed by atoms with Crippen molar-refractivity contribution in [2.75, 3.05) is 20.3 Å². The van der Waals surface area contributed by atoms with Crippen molar-refractivity contribution < 1.29 is 9.53 Å². The van der Waals surface area contributed by atoms with Gasteiger partial charge in [0.1, 0.15) is 0 Å². The van der Waals surface area contributed by atoms with Crippen LogP contribution >= 0.6 is 0 Å². The topological polar surface area (TPSA) is 82.2 Å². The number of methoxy groups -OCH3 is 1. The van der Waals surface area contributed by atoms with Crippen LogP contribution in [-0.2, 0) is 23.0 Å². The number of amides is 1. The van der Waals surface area contributed by atoms with Crippen LogP contribution in [0.15, 0.2) is 12.3 Å². The molecule has 0 aliphatic heterocycles. The third-order valence-electron chi connectivity index (χ3n) is 2.42. The molecule has 0 saturated carbocycles. The van der Waals surface area contributed by atoms with Crippen LogP contribution in [0.25, 0.3) is 0 Å². The molecular formula is C11H20N4O2. The molecule has 1 aromatic heterocycles. The second kappa shape index (κ2) is 7.03. The first-order valence-electron chi connectivity index (χ1n) is 5.64. The van der Waals surface area contributed by atoms with Gasteiger partial charge in [-0.2, -0.15) is 5.10 Å². The summed E-state index contributed by atoms with van der Waals surface area (Å²) in [5.41, 5.74) is 6.63. The van der Waals surface area contributed by atoms with E-state index in [4.69, 9.17) is 10.5 Å². The average Bonchev–Trinajstić information content (AvgIpc) is 2.71. The largest absolute Gasteiger partial charge is 0.385 e. The summed E-state index contributed by atoms with van der Waals surface area (Å²) < 4.78 is 6.60. The Balaban J connectivity index is 2.19. The highest BCUT2D eigenvalue weighted by Crippen LogP contribution is 1.94. The fraction of sp³-hybridized carbons (Fsp3) is 0.636. The molecule has 3 N–H and O–H groups in total. The molecule has 0 aliphatic carbocycles. The van der Waals surface area contributed by atoms with Crippen LogP contribution in [0.2, 0.25) is 0 Å². The summed E-state index contributed by atoms with van der Waals surface area (Å²) in [4.78, 5) is 11.5. The second-order valence-electron chi connectivity index (χ2n) is 3.91. The molecule has 17 heavy (non-hydrogen) atoms. The van der Waals surface area contributed by atoms with Gasteiger partial charge >= 0.3 is 0 Å². The molecule has 1 amide bonds. The molecule has 1 aromatic rings. The quantitative estimate of drug-likeness (QED) is 0.669. The van der Waals surface area contributed by atoms with Gasteiger partial charge in [0.15, 0.2) is 0 Å². The van der Waals surface area contributed by atoms with Gasteiger partial charge in [0.25, 0.3) is 0 Å². The fourth-order valence-electron chi connectivity index (χ4n) is 1.42. The summed E-state index contributed by atoms with van der Waals surface area (Å²) >= 11 is 0. The van der Waals surface area contributed by atoms with Crippen molar-refractivity contribution in [2.45, 2.75) is 18.9 Å². The zero-order valence-corrected chi connectivity index (χ0v) is 10.3. The van der Waals surface area contributed by atoms with E-state index < -0.39 is 6.04 Å². The maximum Gasteiger partial charge on any atom is 0.237 e. The van der Waals surface area contributed by atoms with E-state index in [1.54, 1.807) is 11.8 Å². The number of aryl methyl sites for hydroxylation is 1. The first-order chi connectivity index (χ1) is 8.13. The van der Waals surface area contributed by atoms with Gasteiger partial charge in [-0.3, -0.25) is 9.48 Å². The molecule has 0 spiro atoms. The first kappa shape index (κ1) is 13.7. The van der Waals surface area contributed by atoms with E-state index in [1.165, 1.54) is 0 Å². The summed E-state index contributed by atoms with van der Waals surface area (Å²) in [5.74, 6) is -0.141. The molecule has 1 rings (SSSR count). The Morgan fingerprint density at radius 1 is 1.71 bits per heavy atom. The number of ether oxygens (including phenoxy) is 1. The zero-order valence-electron chi connectivity index (χ0n) is 10.3. The normalized spacial score (nSPS) is 12.4.